The van der Waals surface area contributed by atoms with Crippen LogP contribution in [0.25, 0.3) is 0 Å². The van der Waals surface area contributed by atoms with Crippen molar-refractivity contribution in [3.8, 4) is 11.5 Å². The number of ether oxygens (including phenoxy) is 2. The van der Waals surface area contributed by atoms with Crippen molar-refractivity contribution in [2.75, 3.05) is 25.5 Å². The fourth-order valence-electron chi connectivity index (χ4n) is 3.20. The molecule has 0 unspecified atom stereocenters. The van der Waals surface area contributed by atoms with E-state index in [1.807, 2.05) is 18.2 Å². The van der Waals surface area contributed by atoms with E-state index in [1.165, 1.54) is 17.5 Å². The normalized spacial score (nSPS) is 16.1. The molecule has 1 amide bonds. The van der Waals surface area contributed by atoms with Gasteiger partial charge in [0.1, 0.15) is 16.4 Å². The minimum atomic E-state index is -3.71. The highest BCUT2D eigenvalue weighted by atomic mass is 32.2. The molecule has 0 radical (unpaired) electrons. The molecule has 1 heterocycles. The molecule has 2 aromatic carbocycles. The number of carbonyl (C=O) groups is 1. The summed E-state index contributed by atoms with van der Waals surface area (Å²) in [5.74, 6) is 0.459. The molecule has 0 saturated carbocycles. The summed E-state index contributed by atoms with van der Waals surface area (Å²) < 4.78 is 38.5. The van der Waals surface area contributed by atoms with Gasteiger partial charge in [-0.1, -0.05) is 24.6 Å². The van der Waals surface area contributed by atoms with Crippen molar-refractivity contribution in [1.82, 2.24) is 4.31 Å². The monoisotopic (exact) mass is 418 g/mol. The number of rotatable bonds is 7. The molecule has 1 aliphatic heterocycles. The van der Waals surface area contributed by atoms with Crippen LogP contribution in [0.3, 0.4) is 0 Å². The first kappa shape index (κ1) is 21.1. The second-order valence-corrected chi connectivity index (χ2v) is 8.80. The third-order valence-electron chi connectivity index (χ3n) is 4.79. The van der Waals surface area contributed by atoms with Crippen LogP contribution in [0.15, 0.2) is 53.4 Å². The zero-order chi connectivity index (χ0) is 20.9. The summed E-state index contributed by atoms with van der Waals surface area (Å²) >= 11 is 0. The molecule has 8 heteroatoms. The number of methoxy groups -OCH3 is 1. The van der Waals surface area contributed by atoms with Crippen LogP contribution in [-0.2, 0) is 14.8 Å². The Morgan fingerprint density at radius 1 is 1.07 bits per heavy atom. The molecule has 1 saturated heterocycles. The lowest BCUT2D eigenvalue weighted by molar-refractivity contribution is -0.122. The average molecular weight is 419 g/mol. The maximum Gasteiger partial charge on any atom is 0.265 e. The van der Waals surface area contributed by atoms with Crippen molar-refractivity contribution in [3.63, 3.8) is 0 Å². The molecular weight excluding hydrogens is 392 g/mol. The molecule has 1 fully saturated rings. The van der Waals surface area contributed by atoms with Gasteiger partial charge in [-0.05, 0) is 50.1 Å². The molecule has 3 rings (SSSR count). The number of hydrogen-bond acceptors (Lipinski definition) is 5. The van der Waals surface area contributed by atoms with Crippen molar-refractivity contribution in [2.24, 2.45) is 0 Å². The largest absolute Gasteiger partial charge is 0.495 e. The van der Waals surface area contributed by atoms with E-state index in [9.17, 15) is 13.2 Å². The Hall–Kier alpha value is -2.58. The van der Waals surface area contributed by atoms with Gasteiger partial charge in [-0.15, -0.1) is 0 Å². The second kappa shape index (κ2) is 9.28. The summed E-state index contributed by atoms with van der Waals surface area (Å²) in [6.45, 7) is 2.62. The van der Waals surface area contributed by atoms with Gasteiger partial charge in [0.05, 0.1) is 7.11 Å². The minimum absolute atomic E-state index is 0.0522. The highest BCUT2D eigenvalue weighted by Crippen LogP contribution is 2.31. The van der Waals surface area contributed by atoms with Crippen molar-refractivity contribution in [3.05, 3.63) is 48.5 Å². The Morgan fingerprint density at radius 2 is 1.76 bits per heavy atom. The molecular formula is C21H26N2O5S. The summed E-state index contributed by atoms with van der Waals surface area (Å²) in [4.78, 5) is 12.6. The SMILES string of the molecule is COc1ccc(NC(=O)[C@H](C)Oc2ccccc2)cc1S(=O)(=O)N1CCCCC1. The molecule has 0 bridgehead atoms. The first-order valence-corrected chi connectivity index (χ1v) is 11.1. The predicted octanol–water partition coefficient (Wildman–Crippen LogP) is 3.28. The highest BCUT2D eigenvalue weighted by molar-refractivity contribution is 7.89. The van der Waals surface area contributed by atoms with Gasteiger partial charge in [0.25, 0.3) is 5.91 Å². The Morgan fingerprint density at radius 3 is 2.41 bits per heavy atom. The van der Waals surface area contributed by atoms with E-state index in [0.717, 1.165) is 19.3 Å². The lowest BCUT2D eigenvalue weighted by Gasteiger charge is -2.26. The molecule has 2 aromatic rings. The first-order chi connectivity index (χ1) is 13.9. The van der Waals surface area contributed by atoms with Crippen LogP contribution in [0.1, 0.15) is 26.2 Å². The van der Waals surface area contributed by atoms with Crippen LogP contribution in [0, 0.1) is 0 Å². The summed E-state index contributed by atoms with van der Waals surface area (Å²) in [6.07, 6.45) is 1.96. The van der Waals surface area contributed by atoms with Gasteiger partial charge in [0, 0.05) is 18.8 Å². The highest BCUT2D eigenvalue weighted by Gasteiger charge is 2.29. The molecule has 156 valence electrons. The van der Waals surface area contributed by atoms with Gasteiger partial charge in [-0.3, -0.25) is 4.79 Å². The van der Waals surface area contributed by atoms with Crippen molar-refractivity contribution in [2.45, 2.75) is 37.2 Å². The van der Waals surface area contributed by atoms with Crippen molar-refractivity contribution < 1.29 is 22.7 Å². The number of amides is 1. The molecule has 7 nitrogen and oxygen atoms in total. The fraction of sp³-hybridized carbons (Fsp3) is 0.381. The van der Waals surface area contributed by atoms with Crippen molar-refractivity contribution in [1.29, 1.82) is 0 Å². The number of sulfonamides is 1. The first-order valence-electron chi connectivity index (χ1n) is 9.62. The fourth-order valence-corrected chi connectivity index (χ4v) is 4.90. The van der Waals surface area contributed by atoms with E-state index in [0.29, 0.717) is 24.5 Å². The van der Waals surface area contributed by atoms with Crippen molar-refractivity contribution >= 4 is 21.6 Å². The number of benzene rings is 2. The Labute approximate surface area is 171 Å². The third kappa shape index (κ3) is 5.07. The number of nitrogens with one attached hydrogen (secondary N) is 1. The molecule has 1 aliphatic rings. The smallest absolute Gasteiger partial charge is 0.265 e. The number of piperidine rings is 1. The average Bonchev–Trinajstić information content (AvgIpc) is 2.75. The number of carbonyl (C=O) groups excluding carboxylic acids is 1. The standard InChI is InChI=1S/C21H26N2O5S/c1-16(28-18-9-5-3-6-10-18)21(24)22-17-11-12-19(27-2)20(15-17)29(25,26)23-13-7-4-8-14-23/h3,5-6,9-12,15-16H,4,7-8,13-14H2,1-2H3,(H,22,24)/t16-/m0/s1. The van der Waals surface area contributed by atoms with E-state index in [1.54, 1.807) is 31.2 Å². The number of nitrogens with zero attached hydrogens (tertiary/aromatic N) is 1. The third-order valence-corrected chi connectivity index (χ3v) is 6.71. The van der Waals surface area contributed by atoms with Gasteiger partial charge < -0.3 is 14.8 Å². The minimum Gasteiger partial charge on any atom is -0.495 e. The van der Waals surface area contributed by atoms with Crippen LogP contribution in [0.5, 0.6) is 11.5 Å². The summed E-state index contributed by atoms with van der Waals surface area (Å²) in [5, 5.41) is 2.73. The zero-order valence-corrected chi connectivity index (χ0v) is 17.4. The Balaban J connectivity index is 1.78. The van der Waals surface area contributed by atoms with Gasteiger partial charge in [0.2, 0.25) is 10.0 Å². The van der Waals surface area contributed by atoms with E-state index in [-0.39, 0.29) is 16.6 Å². The van der Waals surface area contributed by atoms with Gasteiger partial charge in [0.15, 0.2) is 6.10 Å². The van der Waals surface area contributed by atoms with Gasteiger partial charge in [-0.2, -0.15) is 4.31 Å². The van der Waals surface area contributed by atoms with Crippen LogP contribution < -0.4 is 14.8 Å². The molecule has 1 atom stereocenters. The summed E-state index contributed by atoms with van der Waals surface area (Å²) in [5.41, 5.74) is 0.370. The Kier molecular flexibility index (Phi) is 6.76. The van der Waals surface area contributed by atoms with E-state index in [4.69, 9.17) is 9.47 Å². The predicted molar refractivity (Wildman–Crippen MR) is 111 cm³/mol. The number of anilines is 1. The van der Waals surface area contributed by atoms with Crippen LogP contribution in [0.4, 0.5) is 5.69 Å². The van der Waals surface area contributed by atoms with E-state index >= 15 is 0 Å². The lowest BCUT2D eigenvalue weighted by atomic mass is 10.2. The molecule has 29 heavy (non-hydrogen) atoms. The maximum atomic E-state index is 13.1. The lowest BCUT2D eigenvalue weighted by Crippen LogP contribution is -2.36. The van der Waals surface area contributed by atoms with Crippen LogP contribution >= 0.6 is 0 Å². The second-order valence-electron chi connectivity index (χ2n) is 6.89. The van der Waals surface area contributed by atoms with Crippen LogP contribution in [0.2, 0.25) is 0 Å². The van der Waals surface area contributed by atoms with Gasteiger partial charge in [-0.25, -0.2) is 8.42 Å². The van der Waals surface area contributed by atoms with Crippen LogP contribution in [-0.4, -0.2) is 44.9 Å². The molecule has 0 aromatic heterocycles. The topological polar surface area (TPSA) is 84.9 Å². The molecule has 0 spiro atoms. The van der Waals surface area contributed by atoms with Gasteiger partial charge >= 0.3 is 0 Å². The summed E-state index contributed by atoms with van der Waals surface area (Å²) in [6, 6.07) is 13.6. The van der Waals surface area contributed by atoms with E-state index in [2.05, 4.69) is 5.32 Å². The molecule has 0 aliphatic carbocycles. The molecule has 1 N–H and O–H groups in total. The maximum absolute atomic E-state index is 13.1. The van der Waals surface area contributed by atoms with E-state index < -0.39 is 16.1 Å². The Bertz CT molecular complexity index is 941. The number of para-hydroxylation sites is 1. The summed E-state index contributed by atoms with van der Waals surface area (Å²) in [7, 11) is -2.28. The quantitative estimate of drug-likeness (QED) is 0.746. The zero-order valence-electron chi connectivity index (χ0n) is 16.6. The number of hydrogen-bond donors (Lipinski definition) is 1.